The molecule has 0 fully saturated rings. The van der Waals surface area contributed by atoms with E-state index in [1.807, 2.05) is 43.3 Å². The normalized spacial score (nSPS) is 17.1. The van der Waals surface area contributed by atoms with Gasteiger partial charge in [-0.3, -0.25) is 4.79 Å². The Morgan fingerprint density at radius 2 is 1.92 bits per heavy atom. The molecule has 0 radical (unpaired) electrons. The summed E-state index contributed by atoms with van der Waals surface area (Å²) < 4.78 is 5.67. The number of hydrogen-bond acceptors (Lipinski definition) is 3. The molecule has 2 aromatic carbocycles. The van der Waals surface area contributed by atoms with E-state index in [0.717, 1.165) is 18.5 Å². The van der Waals surface area contributed by atoms with Gasteiger partial charge in [-0.05, 0) is 36.6 Å². The van der Waals surface area contributed by atoms with Crippen molar-refractivity contribution in [1.82, 2.24) is 10.6 Å². The summed E-state index contributed by atoms with van der Waals surface area (Å²) in [6.45, 7) is 3.90. The Bertz CT molecular complexity index is 678. The lowest BCUT2D eigenvalue weighted by atomic mass is 9.94. The Morgan fingerprint density at radius 1 is 1.20 bits per heavy atom. The van der Waals surface area contributed by atoms with E-state index in [-0.39, 0.29) is 24.4 Å². The number of hydrogen-bond donors (Lipinski definition) is 2. The number of nitrogens with one attached hydrogen (secondary N) is 2. The first-order chi connectivity index (χ1) is 11.8. The molecular weight excluding hydrogens is 336 g/mol. The minimum absolute atomic E-state index is 0. The average Bonchev–Trinajstić information content (AvgIpc) is 2.65. The SMILES string of the molecule is CCOC(C(=O)NCC1NCCc2ccccc21)c1ccccc1.Cl. The van der Waals surface area contributed by atoms with E-state index in [9.17, 15) is 4.79 Å². The van der Waals surface area contributed by atoms with Crippen molar-refractivity contribution in [2.45, 2.75) is 25.5 Å². The van der Waals surface area contributed by atoms with Crippen molar-refractivity contribution in [3.8, 4) is 0 Å². The van der Waals surface area contributed by atoms with E-state index >= 15 is 0 Å². The molecule has 2 N–H and O–H groups in total. The van der Waals surface area contributed by atoms with Gasteiger partial charge in [0.1, 0.15) is 0 Å². The van der Waals surface area contributed by atoms with Crippen LogP contribution in [0.25, 0.3) is 0 Å². The highest BCUT2D eigenvalue weighted by Crippen LogP contribution is 2.23. The third-order valence-electron chi connectivity index (χ3n) is 4.37. The van der Waals surface area contributed by atoms with Gasteiger partial charge in [-0.2, -0.15) is 0 Å². The molecule has 4 nitrogen and oxygen atoms in total. The van der Waals surface area contributed by atoms with E-state index in [0.29, 0.717) is 13.2 Å². The fraction of sp³-hybridized carbons (Fsp3) is 0.350. The molecular formula is C20H25ClN2O2. The Morgan fingerprint density at radius 3 is 2.68 bits per heavy atom. The summed E-state index contributed by atoms with van der Waals surface area (Å²) in [5.41, 5.74) is 3.52. The van der Waals surface area contributed by atoms with Crippen LogP contribution in [-0.2, 0) is 16.0 Å². The lowest BCUT2D eigenvalue weighted by molar-refractivity contribution is -0.133. The summed E-state index contributed by atoms with van der Waals surface area (Å²) in [4.78, 5) is 12.6. The van der Waals surface area contributed by atoms with Gasteiger partial charge in [-0.1, -0.05) is 54.6 Å². The summed E-state index contributed by atoms with van der Waals surface area (Å²) in [6.07, 6.45) is 0.474. The molecule has 1 amide bonds. The highest BCUT2D eigenvalue weighted by molar-refractivity contribution is 5.85. The zero-order chi connectivity index (χ0) is 16.8. The van der Waals surface area contributed by atoms with E-state index in [1.165, 1.54) is 11.1 Å². The molecule has 0 aromatic heterocycles. The van der Waals surface area contributed by atoms with Crippen LogP contribution >= 0.6 is 12.4 Å². The fourth-order valence-corrected chi connectivity index (χ4v) is 3.19. The first-order valence-electron chi connectivity index (χ1n) is 8.55. The molecule has 1 aliphatic rings. The van der Waals surface area contributed by atoms with Crippen molar-refractivity contribution < 1.29 is 9.53 Å². The number of rotatable bonds is 6. The maximum atomic E-state index is 12.6. The fourth-order valence-electron chi connectivity index (χ4n) is 3.19. The zero-order valence-electron chi connectivity index (χ0n) is 14.4. The summed E-state index contributed by atoms with van der Waals surface area (Å²) in [7, 11) is 0. The third-order valence-corrected chi connectivity index (χ3v) is 4.37. The maximum absolute atomic E-state index is 12.6. The van der Waals surface area contributed by atoms with E-state index in [4.69, 9.17) is 4.74 Å². The number of ether oxygens (including phenoxy) is 1. The largest absolute Gasteiger partial charge is 0.364 e. The van der Waals surface area contributed by atoms with Gasteiger partial charge in [0, 0.05) is 19.2 Å². The van der Waals surface area contributed by atoms with Crippen molar-refractivity contribution in [2.75, 3.05) is 19.7 Å². The molecule has 2 atom stereocenters. The summed E-state index contributed by atoms with van der Waals surface area (Å²) in [5, 5.41) is 6.54. The van der Waals surface area contributed by atoms with Crippen LogP contribution in [-0.4, -0.2) is 25.6 Å². The molecule has 25 heavy (non-hydrogen) atoms. The smallest absolute Gasteiger partial charge is 0.253 e. The van der Waals surface area contributed by atoms with Crippen LogP contribution in [0.15, 0.2) is 54.6 Å². The quantitative estimate of drug-likeness (QED) is 0.831. The van der Waals surface area contributed by atoms with Gasteiger partial charge in [0.15, 0.2) is 6.10 Å². The minimum Gasteiger partial charge on any atom is -0.364 e. The monoisotopic (exact) mass is 360 g/mol. The van der Waals surface area contributed by atoms with E-state index < -0.39 is 6.10 Å². The predicted octanol–water partition coefficient (Wildman–Crippen LogP) is 3.19. The molecule has 0 spiro atoms. The van der Waals surface area contributed by atoms with Crippen molar-refractivity contribution in [3.63, 3.8) is 0 Å². The van der Waals surface area contributed by atoms with Gasteiger partial charge < -0.3 is 15.4 Å². The molecule has 0 bridgehead atoms. The van der Waals surface area contributed by atoms with E-state index in [1.54, 1.807) is 0 Å². The van der Waals surface area contributed by atoms with Crippen LogP contribution < -0.4 is 10.6 Å². The number of halogens is 1. The topological polar surface area (TPSA) is 50.4 Å². The number of carbonyl (C=O) groups is 1. The molecule has 2 unspecified atom stereocenters. The van der Waals surface area contributed by atoms with Gasteiger partial charge in [0.2, 0.25) is 0 Å². The van der Waals surface area contributed by atoms with Crippen molar-refractivity contribution in [3.05, 3.63) is 71.3 Å². The summed E-state index contributed by atoms with van der Waals surface area (Å²) in [5.74, 6) is -0.0899. The number of amides is 1. The van der Waals surface area contributed by atoms with Crippen molar-refractivity contribution in [2.24, 2.45) is 0 Å². The van der Waals surface area contributed by atoms with Crippen LogP contribution in [0.3, 0.4) is 0 Å². The standard InChI is InChI=1S/C20H24N2O2.ClH/c1-2-24-19(16-9-4-3-5-10-16)20(23)22-14-18-17-11-7-6-8-15(17)12-13-21-18;/h3-11,18-19,21H,2,12-14H2,1H3,(H,22,23);1H. The first kappa shape index (κ1) is 19.4. The van der Waals surface area contributed by atoms with Gasteiger partial charge in [-0.25, -0.2) is 0 Å². The third kappa shape index (κ3) is 4.82. The average molecular weight is 361 g/mol. The number of benzene rings is 2. The molecule has 134 valence electrons. The first-order valence-corrected chi connectivity index (χ1v) is 8.55. The molecule has 1 heterocycles. The number of fused-ring (bicyclic) bond motifs is 1. The van der Waals surface area contributed by atoms with E-state index in [2.05, 4.69) is 28.8 Å². The molecule has 0 aliphatic carbocycles. The predicted molar refractivity (Wildman–Crippen MR) is 102 cm³/mol. The zero-order valence-corrected chi connectivity index (χ0v) is 15.2. The van der Waals surface area contributed by atoms with Gasteiger partial charge in [0.05, 0.1) is 0 Å². The maximum Gasteiger partial charge on any atom is 0.253 e. The Hall–Kier alpha value is -1.88. The summed E-state index contributed by atoms with van der Waals surface area (Å²) >= 11 is 0. The second-order valence-corrected chi connectivity index (χ2v) is 5.95. The van der Waals surface area contributed by atoms with Crippen LogP contribution in [0, 0.1) is 0 Å². The second kappa shape index (κ2) is 9.56. The second-order valence-electron chi connectivity index (χ2n) is 5.95. The minimum atomic E-state index is -0.560. The molecule has 5 heteroatoms. The molecule has 0 saturated heterocycles. The van der Waals surface area contributed by atoms with Gasteiger partial charge in [-0.15, -0.1) is 12.4 Å². The molecule has 1 aliphatic heterocycles. The molecule has 3 rings (SSSR count). The summed E-state index contributed by atoms with van der Waals surface area (Å²) in [6, 6.07) is 18.2. The Labute approximate surface area is 155 Å². The van der Waals surface area contributed by atoms with Crippen LogP contribution in [0.2, 0.25) is 0 Å². The van der Waals surface area contributed by atoms with Crippen molar-refractivity contribution in [1.29, 1.82) is 0 Å². The Kier molecular flexibility index (Phi) is 7.44. The number of carbonyl (C=O) groups excluding carboxylic acids is 1. The lowest BCUT2D eigenvalue weighted by Gasteiger charge is -2.28. The van der Waals surface area contributed by atoms with Crippen LogP contribution in [0.4, 0.5) is 0 Å². The lowest BCUT2D eigenvalue weighted by Crippen LogP contribution is -2.40. The van der Waals surface area contributed by atoms with Crippen LogP contribution in [0.1, 0.15) is 35.8 Å². The Balaban J connectivity index is 0.00000225. The highest BCUT2D eigenvalue weighted by atomic mass is 35.5. The van der Waals surface area contributed by atoms with Gasteiger partial charge >= 0.3 is 0 Å². The van der Waals surface area contributed by atoms with Crippen molar-refractivity contribution >= 4 is 18.3 Å². The molecule has 2 aromatic rings. The molecule has 0 saturated carbocycles. The highest BCUT2D eigenvalue weighted by Gasteiger charge is 2.24. The van der Waals surface area contributed by atoms with Gasteiger partial charge in [0.25, 0.3) is 5.91 Å². The van der Waals surface area contributed by atoms with Crippen LogP contribution in [0.5, 0.6) is 0 Å².